The van der Waals surface area contributed by atoms with Gasteiger partial charge in [0.2, 0.25) is 11.8 Å². The number of carbonyl (C=O) groups is 2. The first-order valence-corrected chi connectivity index (χ1v) is 10.7. The second-order valence-electron chi connectivity index (χ2n) is 6.62. The average molecular weight is 444 g/mol. The van der Waals surface area contributed by atoms with Gasteiger partial charge in [0.05, 0.1) is 5.25 Å². The first-order chi connectivity index (χ1) is 14.4. The van der Waals surface area contributed by atoms with Crippen molar-refractivity contribution >= 4 is 40.9 Å². The molecular weight excluding hydrogens is 422 g/mol. The van der Waals surface area contributed by atoms with Crippen molar-refractivity contribution in [3.05, 3.63) is 59.4 Å². The third kappa shape index (κ3) is 6.33. The second kappa shape index (κ2) is 10.3. The van der Waals surface area contributed by atoms with Gasteiger partial charge in [-0.2, -0.15) is 5.10 Å². The predicted molar refractivity (Wildman–Crippen MR) is 120 cm³/mol. The zero-order valence-corrected chi connectivity index (χ0v) is 18.2. The van der Waals surface area contributed by atoms with E-state index in [4.69, 9.17) is 11.6 Å². The van der Waals surface area contributed by atoms with E-state index in [1.165, 1.54) is 18.7 Å². The Kier molecular flexibility index (Phi) is 7.48. The van der Waals surface area contributed by atoms with Crippen LogP contribution in [-0.2, 0) is 16.0 Å². The molecule has 0 saturated carbocycles. The van der Waals surface area contributed by atoms with Crippen molar-refractivity contribution in [2.75, 3.05) is 11.9 Å². The molecule has 1 unspecified atom stereocenters. The van der Waals surface area contributed by atoms with Gasteiger partial charge < -0.3 is 10.6 Å². The number of benzene rings is 2. The number of nitrogens with one attached hydrogen (secondary N) is 3. The number of thioether (sulfide) groups is 1. The van der Waals surface area contributed by atoms with Gasteiger partial charge in [-0.1, -0.05) is 11.6 Å². The van der Waals surface area contributed by atoms with Crippen LogP contribution in [-0.4, -0.2) is 38.8 Å². The molecule has 0 aliphatic carbocycles. The van der Waals surface area contributed by atoms with Gasteiger partial charge in [0.25, 0.3) is 0 Å². The van der Waals surface area contributed by atoms with Crippen LogP contribution in [0.25, 0.3) is 11.4 Å². The standard InChI is InChI=1S/C21H22ClN5O2S/c1-13(30-18-9-7-17(8-10-18)24-14(2)28)21(29)23-12-11-19-25-20(27-26-19)15-3-5-16(22)6-4-15/h3-10,13H,11-12H2,1-2H3,(H,23,29)(H,24,28)(H,25,26,27). The first kappa shape index (κ1) is 21.9. The van der Waals surface area contributed by atoms with Crippen molar-refractivity contribution in [3.8, 4) is 11.4 Å². The minimum atomic E-state index is -0.254. The highest BCUT2D eigenvalue weighted by Gasteiger charge is 2.14. The molecule has 0 radical (unpaired) electrons. The number of aromatic nitrogens is 3. The number of carbonyl (C=O) groups excluding carboxylic acids is 2. The van der Waals surface area contributed by atoms with Crippen molar-refractivity contribution in [2.45, 2.75) is 30.4 Å². The SMILES string of the molecule is CC(=O)Nc1ccc(SC(C)C(=O)NCCc2nc(-c3ccc(Cl)cc3)n[nH]2)cc1. The van der Waals surface area contributed by atoms with E-state index in [9.17, 15) is 9.59 Å². The van der Waals surface area contributed by atoms with E-state index in [2.05, 4.69) is 25.8 Å². The van der Waals surface area contributed by atoms with Gasteiger partial charge in [-0.05, 0) is 55.5 Å². The van der Waals surface area contributed by atoms with Crippen molar-refractivity contribution in [1.29, 1.82) is 0 Å². The quantitative estimate of drug-likeness (QED) is 0.458. The van der Waals surface area contributed by atoms with Gasteiger partial charge in [-0.15, -0.1) is 11.8 Å². The number of aromatic amines is 1. The van der Waals surface area contributed by atoms with Gasteiger partial charge in [-0.25, -0.2) is 4.98 Å². The summed E-state index contributed by atoms with van der Waals surface area (Å²) in [7, 11) is 0. The Labute approximate surface area is 184 Å². The lowest BCUT2D eigenvalue weighted by molar-refractivity contribution is -0.120. The third-order valence-electron chi connectivity index (χ3n) is 4.15. The van der Waals surface area contributed by atoms with Crippen LogP contribution >= 0.6 is 23.4 Å². The molecule has 1 atom stereocenters. The Morgan fingerprint density at radius 1 is 1.13 bits per heavy atom. The maximum atomic E-state index is 12.4. The van der Waals surface area contributed by atoms with Crippen LogP contribution in [0.2, 0.25) is 5.02 Å². The average Bonchev–Trinajstić information content (AvgIpc) is 3.18. The highest BCUT2D eigenvalue weighted by atomic mass is 35.5. The van der Waals surface area contributed by atoms with Gasteiger partial charge in [-0.3, -0.25) is 14.7 Å². The topological polar surface area (TPSA) is 99.8 Å². The number of halogens is 1. The summed E-state index contributed by atoms with van der Waals surface area (Å²) < 4.78 is 0. The van der Waals surface area contributed by atoms with E-state index in [0.717, 1.165) is 16.1 Å². The monoisotopic (exact) mass is 443 g/mol. The van der Waals surface area contributed by atoms with E-state index in [1.807, 2.05) is 43.3 Å². The zero-order valence-electron chi connectivity index (χ0n) is 16.6. The summed E-state index contributed by atoms with van der Waals surface area (Å²) in [4.78, 5) is 28.8. The van der Waals surface area contributed by atoms with E-state index >= 15 is 0 Å². The third-order valence-corrected chi connectivity index (χ3v) is 5.52. The molecule has 156 valence electrons. The number of hydrogen-bond donors (Lipinski definition) is 3. The van der Waals surface area contributed by atoms with Gasteiger partial charge in [0.15, 0.2) is 5.82 Å². The largest absolute Gasteiger partial charge is 0.355 e. The highest BCUT2D eigenvalue weighted by Crippen LogP contribution is 2.25. The Balaban J connectivity index is 1.45. The lowest BCUT2D eigenvalue weighted by Gasteiger charge is -2.12. The second-order valence-corrected chi connectivity index (χ2v) is 8.47. The summed E-state index contributed by atoms with van der Waals surface area (Å²) in [5.74, 6) is 1.13. The van der Waals surface area contributed by atoms with Crippen molar-refractivity contribution in [2.24, 2.45) is 0 Å². The van der Waals surface area contributed by atoms with Gasteiger partial charge in [0, 0.05) is 41.1 Å². The molecule has 2 aromatic carbocycles. The summed E-state index contributed by atoms with van der Waals surface area (Å²) in [6.45, 7) is 3.78. The minimum Gasteiger partial charge on any atom is -0.355 e. The number of rotatable bonds is 8. The molecule has 7 nitrogen and oxygen atoms in total. The number of amides is 2. The maximum absolute atomic E-state index is 12.4. The Morgan fingerprint density at radius 2 is 1.83 bits per heavy atom. The van der Waals surface area contributed by atoms with Gasteiger partial charge >= 0.3 is 0 Å². The van der Waals surface area contributed by atoms with Crippen LogP contribution < -0.4 is 10.6 Å². The molecule has 0 aliphatic rings. The molecule has 3 aromatic rings. The minimum absolute atomic E-state index is 0.0524. The fraction of sp³-hybridized carbons (Fsp3) is 0.238. The van der Waals surface area contributed by atoms with Gasteiger partial charge in [0.1, 0.15) is 5.82 Å². The van der Waals surface area contributed by atoms with Crippen LogP contribution in [0.5, 0.6) is 0 Å². The molecule has 0 spiro atoms. The normalized spacial score (nSPS) is 11.7. The number of H-pyrrole nitrogens is 1. The molecular formula is C21H22ClN5O2S. The molecule has 9 heteroatoms. The molecule has 0 fully saturated rings. The summed E-state index contributed by atoms with van der Waals surface area (Å²) >= 11 is 7.36. The van der Waals surface area contributed by atoms with Crippen molar-refractivity contribution < 1.29 is 9.59 Å². The lowest BCUT2D eigenvalue weighted by atomic mass is 10.2. The number of hydrogen-bond acceptors (Lipinski definition) is 5. The van der Waals surface area contributed by atoms with E-state index in [0.29, 0.717) is 29.6 Å². The molecule has 0 aliphatic heterocycles. The zero-order chi connectivity index (χ0) is 21.5. The van der Waals surface area contributed by atoms with Crippen LogP contribution in [0.15, 0.2) is 53.4 Å². The van der Waals surface area contributed by atoms with E-state index in [1.54, 1.807) is 12.1 Å². The van der Waals surface area contributed by atoms with E-state index < -0.39 is 0 Å². The smallest absolute Gasteiger partial charge is 0.233 e. The Hall–Kier alpha value is -2.84. The summed E-state index contributed by atoms with van der Waals surface area (Å²) in [5, 5.41) is 13.2. The predicted octanol–water partition coefficient (Wildman–Crippen LogP) is 3.92. The lowest BCUT2D eigenvalue weighted by Crippen LogP contribution is -2.32. The molecule has 0 bridgehead atoms. The molecule has 2 amide bonds. The summed E-state index contributed by atoms with van der Waals surface area (Å²) in [5.41, 5.74) is 1.61. The Morgan fingerprint density at radius 3 is 2.50 bits per heavy atom. The van der Waals surface area contributed by atoms with Crippen molar-refractivity contribution in [3.63, 3.8) is 0 Å². The first-order valence-electron chi connectivity index (χ1n) is 9.40. The van der Waals surface area contributed by atoms with E-state index in [-0.39, 0.29) is 17.1 Å². The molecule has 1 aromatic heterocycles. The van der Waals surface area contributed by atoms with Crippen LogP contribution in [0, 0.1) is 0 Å². The Bertz CT molecular complexity index is 1000. The van der Waals surface area contributed by atoms with Crippen LogP contribution in [0.3, 0.4) is 0 Å². The molecule has 3 rings (SSSR count). The summed E-state index contributed by atoms with van der Waals surface area (Å²) in [6.07, 6.45) is 0.551. The molecule has 3 N–H and O–H groups in total. The molecule has 0 saturated heterocycles. The van der Waals surface area contributed by atoms with Crippen molar-refractivity contribution in [1.82, 2.24) is 20.5 Å². The fourth-order valence-corrected chi connectivity index (χ4v) is 3.68. The fourth-order valence-electron chi connectivity index (χ4n) is 2.66. The highest BCUT2D eigenvalue weighted by molar-refractivity contribution is 8.00. The molecule has 1 heterocycles. The van der Waals surface area contributed by atoms with Crippen LogP contribution in [0.4, 0.5) is 5.69 Å². The maximum Gasteiger partial charge on any atom is 0.233 e. The number of anilines is 1. The summed E-state index contributed by atoms with van der Waals surface area (Å²) in [6, 6.07) is 14.7. The van der Waals surface area contributed by atoms with Crippen LogP contribution in [0.1, 0.15) is 19.7 Å². The number of nitrogens with zero attached hydrogens (tertiary/aromatic N) is 2. The molecule has 30 heavy (non-hydrogen) atoms.